The molecule has 0 aliphatic heterocycles. The second kappa shape index (κ2) is 5.80. The zero-order chi connectivity index (χ0) is 16.7. The van der Waals surface area contributed by atoms with E-state index >= 15 is 0 Å². The molecule has 5 heteroatoms. The third-order valence-electron chi connectivity index (χ3n) is 5.11. The normalized spacial score (nSPS) is 42.2. The number of carbonyl (C=O) groups excluding carboxylic acids is 1. The first-order chi connectivity index (χ1) is 10.1. The van der Waals surface area contributed by atoms with Gasteiger partial charge >= 0.3 is 5.97 Å². The van der Waals surface area contributed by atoms with Crippen LogP contribution in [0.15, 0.2) is 23.3 Å². The third kappa shape index (κ3) is 2.73. The van der Waals surface area contributed by atoms with Gasteiger partial charge in [0.15, 0.2) is 0 Å². The quantitative estimate of drug-likeness (QED) is 0.529. The summed E-state index contributed by atoms with van der Waals surface area (Å²) in [6, 6.07) is 0. The molecule has 0 amide bonds. The van der Waals surface area contributed by atoms with Crippen LogP contribution < -0.4 is 0 Å². The first kappa shape index (κ1) is 17.2. The number of fused-ring (bicyclic) bond motifs is 1. The van der Waals surface area contributed by atoms with Crippen LogP contribution in [0.3, 0.4) is 0 Å². The van der Waals surface area contributed by atoms with Gasteiger partial charge in [-0.1, -0.05) is 31.6 Å². The molecule has 3 N–H and O–H groups in total. The molecule has 22 heavy (non-hydrogen) atoms. The third-order valence-corrected chi connectivity index (χ3v) is 5.11. The van der Waals surface area contributed by atoms with Crippen LogP contribution in [0.5, 0.6) is 0 Å². The SMILES string of the molecule is CC(=O)O[C@H]1C/C(C)=C/[C@@H](O)/C=C(/CO)[C@H]2CC(C)(C)[C@]12O. The maximum Gasteiger partial charge on any atom is 0.303 e. The fourth-order valence-electron chi connectivity index (χ4n) is 3.93. The number of rotatable bonds is 2. The van der Waals surface area contributed by atoms with Gasteiger partial charge in [0.05, 0.1) is 12.7 Å². The molecule has 2 aliphatic rings. The Kier molecular flexibility index (Phi) is 4.53. The summed E-state index contributed by atoms with van der Waals surface area (Å²) in [6.07, 6.45) is 2.76. The minimum absolute atomic E-state index is 0.236. The van der Waals surface area contributed by atoms with Gasteiger partial charge in [-0.3, -0.25) is 4.79 Å². The van der Waals surface area contributed by atoms with E-state index in [1.54, 1.807) is 12.2 Å². The molecule has 124 valence electrons. The molecule has 0 aromatic rings. The standard InChI is InChI=1S/C17H26O5/c1-10-5-13(20)7-12(9-18)14-8-16(3,4)17(14,21)15(6-10)22-11(2)19/h5,7,13-15,18,20-21H,6,8-9H2,1-4H3/b10-5+,12-7-/t13-,14-,15+,17-/m1/s1. The second-order valence-electron chi connectivity index (χ2n) is 7.17. The summed E-state index contributed by atoms with van der Waals surface area (Å²) in [5.41, 5.74) is -0.268. The minimum Gasteiger partial charge on any atom is -0.459 e. The van der Waals surface area contributed by atoms with E-state index in [0.717, 1.165) is 5.57 Å². The lowest BCUT2D eigenvalue weighted by Gasteiger charge is -2.61. The monoisotopic (exact) mass is 310 g/mol. The van der Waals surface area contributed by atoms with Crippen LogP contribution in [0.4, 0.5) is 0 Å². The Morgan fingerprint density at radius 1 is 1.41 bits per heavy atom. The molecule has 0 unspecified atom stereocenters. The van der Waals surface area contributed by atoms with Crippen LogP contribution in [0.1, 0.15) is 40.5 Å². The zero-order valence-corrected chi connectivity index (χ0v) is 13.7. The highest BCUT2D eigenvalue weighted by molar-refractivity contribution is 5.66. The van der Waals surface area contributed by atoms with E-state index in [9.17, 15) is 20.1 Å². The van der Waals surface area contributed by atoms with Gasteiger partial charge in [0.1, 0.15) is 11.7 Å². The van der Waals surface area contributed by atoms with E-state index in [1.165, 1.54) is 6.92 Å². The Morgan fingerprint density at radius 2 is 2.05 bits per heavy atom. The van der Waals surface area contributed by atoms with Gasteiger partial charge in [-0.15, -0.1) is 0 Å². The predicted molar refractivity (Wildman–Crippen MR) is 81.9 cm³/mol. The van der Waals surface area contributed by atoms with Crippen molar-refractivity contribution in [2.24, 2.45) is 11.3 Å². The molecule has 0 saturated heterocycles. The van der Waals surface area contributed by atoms with Crippen molar-refractivity contribution in [1.82, 2.24) is 0 Å². The topological polar surface area (TPSA) is 87.0 Å². The molecule has 5 nitrogen and oxygen atoms in total. The molecule has 1 saturated carbocycles. The van der Waals surface area contributed by atoms with E-state index in [-0.39, 0.29) is 12.5 Å². The van der Waals surface area contributed by atoms with Crippen LogP contribution in [0.2, 0.25) is 0 Å². The molecule has 4 atom stereocenters. The molecular weight excluding hydrogens is 284 g/mol. The highest BCUT2D eigenvalue weighted by Crippen LogP contribution is 2.59. The minimum atomic E-state index is -1.26. The van der Waals surface area contributed by atoms with Crippen molar-refractivity contribution in [2.45, 2.75) is 58.3 Å². The van der Waals surface area contributed by atoms with E-state index < -0.39 is 29.2 Å². The van der Waals surface area contributed by atoms with E-state index in [1.807, 2.05) is 20.8 Å². The van der Waals surface area contributed by atoms with Crippen molar-refractivity contribution in [3.63, 3.8) is 0 Å². The van der Waals surface area contributed by atoms with Gasteiger partial charge in [-0.25, -0.2) is 0 Å². The smallest absolute Gasteiger partial charge is 0.303 e. The van der Waals surface area contributed by atoms with E-state index in [2.05, 4.69) is 0 Å². The number of esters is 1. The van der Waals surface area contributed by atoms with Crippen LogP contribution in [-0.2, 0) is 9.53 Å². The van der Waals surface area contributed by atoms with Crippen molar-refractivity contribution in [3.05, 3.63) is 23.3 Å². The molecule has 2 aliphatic carbocycles. The summed E-state index contributed by atoms with van der Waals surface area (Å²) in [4.78, 5) is 11.5. The highest BCUT2D eigenvalue weighted by Gasteiger charge is 2.65. The summed E-state index contributed by atoms with van der Waals surface area (Å²) in [7, 11) is 0. The maximum atomic E-state index is 11.5. The molecular formula is C17H26O5. The fraction of sp³-hybridized carbons (Fsp3) is 0.706. The lowest BCUT2D eigenvalue weighted by Crippen LogP contribution is -2.69. The number of ether oxygens (including phenoxy) is 1. The van der Waals surface area contributed by atoms with Crippen molar-refractivity contribution >= 4 is 5.97 Å². The molecule has 0 aromatic carbocycles. The van der Waals surface area contributed by atoms with Crippen LogP contribution in [0, 0.1) is 11.3 Å². The van der Waals surface area contributed by atoms with Gasteiger partial charge in [0.2, 0.25) is 0 Å². The van der Waals surface area contributed by atoms with Crippen molar-refractivity contribution in [3.8, 4) is 0 Å². The summed E-state index contributed by atoms with van der Waals surface area (Å²) in [5, 5.41) is 31.1. The van der Waals surface area contributed by atoms with Gasteiger partial charge < -0.3 is 20.1 Å². The van der Waals surface area contributed by atoms with Gasteiger partial charge in [0, 0.05) is 19.3 Å². The second-order valence-corrected chi connectivity index (χ2v) is 7.17. The Balaban J connectivity index is 2.51. The zero-order valence-electron chi connectivity index (χ0n) is 13.7. The van der Waals surface area contributed by atoms with Crippen LogP contribution in [0.25, 0.3) is 0 Å². The molecule has 0 aromatic heterocycles. The highest BCUT2D eigenvalue weighted by atomic mass is 16.6. The van der Waals surface area contributed by atoms with E-state index in [0.29, 0.717) is 18.4 Å². The molecule has 1 fully saturated rings. The molecule has 0 radical (unpaired) electrons. The predicted octanol–water partition coefficient (Wildman–Crippen LogP) is 1.32. The van der Waals surface area contributed by atoms with Crippen molar-refractivity contribution in [1.29, 1.82) is 0 Å². The number of carbonyl (C=O) groups is 1. The van der Waals surface area contributed by atoms with Gasteiger partial charge in [0.25, 0.3) is 0 Å². The number of hydrogen-bond donors (Lipinski definition) is 3. The Hall–Kier alpha value is -1.17. The summed E-state index contributed by atoms with van der Waals surface area (Å²) in [5.74, 6) is -0.771. The molecule has 0 bridgehead atoms. The Morgan fingerprint density at radius 3 is 2.55 bits per heavy atom. The average Bonchev–Trinajstić information content (AvgIpc) is 2.42. The van der Waals surface area contributed by atoms with Gasteiger partial charge in [-0.2, -0.15) is 0 Å². The molecule has 0 heterocycles. The van der Waals surface area contributed by atoms with Crippen molar-refractivity contribution in [2.75, 3.05) is 6.61 Å². The summed E-state index contributed by atoms with van der Waals surface area (Å²) in [6.45, 7) is 6.79. The maximum absolute atomic E-state index is 11.5. The lowest BCUT2D eigenvalue weighted by molar-refractivity contribution is -0.250. The molecule has 0 spiro atoms. The fourth-order valence-corrected chi connectivity index (χ4v) is 3.93. The van der Waals surface area contributed by atoms with Crippen LogP contribution in [-0.4, -0.2) is 45.7 Å². The van der Waals surface area contributed by atoms with Crippen molar-refractivity contribution < 1.29 is 24.9 Å². The lowest BCUT2D eigenvalue weighted by atomic mass is 9.48. The number of aliphatic hydroxyl groups is 3. The summed E-state index contributed by atoms with van der Waals surface area (Å²) >= 11 is 0. The average molecular weight is 310 g/mol. The first-order valence-electron chi connectivity index (χ1n) is 7.68. The summed E-state index contributed by atoms with van der Waals surface area (Å²) < 4.78 is 5.43. The number of hydrogen-bond acceptors (Lipinski definition) is 5. The first-order valence-corrected chi connectivity index (χ1v) is 7.68. The van der Waals surface area contributed by atoms with Gasteiger partial charge in [-0.05, 0) is 24.3 Å². The van der Waals surface area contributed by atoms with Crippen LogP contribution >= 0.6 is 0 Å². The van der Waals surface area contributed by atoms with E-state index in [4.69, 9.17) is 4.74 Å². The molecule has 2 rings (SSSR count). The Bertz CT molecular complexity index is 519. The number of aliphatic hydroxyl groups excluding tert-OH is 2. The Labute approximate surface area is 131 Å². The largest absolute Gasteiger partial charge is 0.459 e.